The molecule has 1 aromatic heterocycles. The van der Waals surface area contributed by atoms with E-state index in [1.165, 1.54) is 0 Å². The molecule has 1 unspecified atom stereocenters. The first-order valence-corrected chi connectivity index (χ1v) is 6.37. The summed E-state index contributed by atoms with van der Waals surface area (Å²) < 4.78 is 37.3. The predicted octanol–water partition coefficient (Wildman–Crippen LogP) is 2.81. The van der Waals surface area contributed by atoms with E-state index in [4.69, 9.17) is 0 Å². The number of halogens is 3. The normalized spacial score (nSPS) is 13.9. The van der Waals surface area contributed by atoms with Gasteiger partial charge in [-0.3, -0.25) is 4.68 Å². The Hall–Kier alpha value is -0.690. The Morgan fingerprint density at radius 2 is 2.24 bits per heavy atom. The third kappa shape index (κ3) is 5.45. The molecule has 1 rings (SSSR count). The number of rotatable bonds is 6. The van der Waals surface area contributed by atoms with Crippen LogP contribution in [0, 0.1) is 0 Å². The monoisotopic (exact) mass is 267 g/mol. The summed E-state index contributed by atoms with van der Waals surface area (Å²) >= 11 is -0.0201. The lowest BCUT2D eigenvalue weighted by Crippen LogP contribution is -2.17. The molecule has 0 bridgehead atoms. The largest absolute Gasteiger partial charge is 0.441 e. The molecule has 1 aromatic rings. The van der Waals surface area contributed by atoms with Gasteiger partial charge in [-0.15, -0.1) is 0 Å². The number of aromatic nitrogens is 2. The summed E-state index contributed by atoms with van der Waals surface area (Å²) in [5, 5.41) is 7.25. The molecule has 0 radical (unpaired) electrons. The van der Waals surface area contributed by atoms with E-state index in [0.717, 1.165) is 12.1 Å². The van der Waals surface area contributed by atoms with Crippen molar-refractivity contribution in [3.05, 3.63) is 18.0 Å². The van der Waals surface area contributed by atoms with Crippen LogP contribution >= 0.6 is 11.8 Å². The van der Waals surface area contributed by atoms with Gasteiger partial charge in [-0.25, -0.2) is 0 Å². The first-order chi connectivity index (χ1) is 7.92. The molecule has 98 valence electrons. The Bertz CT molecular complexity index is 338. The van der Waals surface area contributed by atoms with Crippen molar-refractivity contribution in [3.63, 3.8) is 0 Å². The number of nitrogens with zero attached hydrogens (tertiary/aromatic N) is 2. The molecule has 0 spiro atoms. The number of aryl methyl sites for hydroxylation is 1. The summed E-state index contributed by atoms with van der Waals surface area (Å²) in [4.78, 5) is 0. The minimum absolute atomic E-state index is 0.0137. The van der Waals surface area contributed by atoms with Gasteiger partial charge in [0.05, 0.1) is 12.7 Å². The molecule has 7 heteroatoms. The summed E-state index contributed by atoms with van der Waals surface area (Å²) in [6.07, 6.45) is 3.47. The average Bonchev–Trinajstić information content (AvgIpc) is 2.65. The molecule has 0 amide bonds. The summed E-state index contributed by atoms with van der Waals surface area (Å²) in [6.45, 7) is 5.11. The Morgan fingerprint density at radius 1 is 1.53 bits per heavy atom. The molecule has 0 saturated heterocycles. The van der Waals surface area contributed by atoms with E-state index < -0.39 is 5.51 Å². The molecule has 1 atom stereocenters. The van der Waals surface area contributed by atoms with E-state index in [-0.39, 0.29) is 30.1 Å². The van der Waals surface area contributed by atoms with Crippen molar-refractivity contribution >= 4 is 11.8 Å². The SMILES string of the molecule is CCNC(C)c1cnn(CCSC(F)(F)F)c1. The van der Waals surface area contributed by atoms with Crippen LogP contribution in [0.2, 0.25) is 0 Å². The standard InChI is InChI=1S/C10H16F3N3S/c1-3-14-8(2)9-6-15-16(7-9)4-5-17-10(11,12)13/h6-8,14H,3-5H2,1-2H3. The maximum atomic E-state index is 11.9. The van der Waals surface area contributed by atoms with E-state index in [2.05, 4.69) is 10.4 Å². The van der Waals surface area contributed by atoms with Crippen LogP contribution in [-0.2, 0) is 6.54 Å². The highest BCUT2D eigenvalue weighted by atomic mass is 32.2. The van der Waals surface area contributed by atoms with Crippen LogP contribution in [-0.4, -0.2) is 27.6 Å². The molecule has 0 saturated carbocycles. The first-order valence-electron chi connectivity index (χ1n) is 5.39. The third-order valence-corrected chi connectivity index (χ3v) is 2.96. The zero-order valence-electron chi connectivity index (χ0n) is 9.79. The van der Waals surface area contributed by atoms with Gasteiger partial charge in [0.1, 0.15) is 0 Å². The second-order valence-electron chi connectivity index (χ2n) is 3.61. The van der Waals surface area contributed by atoms with Crippen molar-refractivity contribution in [2.75, 3.05) is 12.3 Å². The predicted molar refractivity (Wildman–Crippen MR) is 62.8 cm³/mol. The van der Waals surface area contributed by atoms with Gasteiger partial charge in [0, 0.05) is 23.6 Å². The number of hydrogen-bond acceptors (Lipinski definition) is 3. The Labute approximate surface area is 103 Å². The highest BCUT2D eigenvalue weighted by molar-refractivity contribution is 8.00. The fourth-order valence-electron chi connectivity index (χ4n) is 1.40. The van der Waals surface area contributed by atoms with Gasteiger partial charge in [-0.2, -0.15) is 18.3 Å². The van der Waals surface area contributed by atoms with Crippen molar-refractivity contribution in [1.29, 1.82) is 0 Å². The molecule has 3 nitrogen and oxygen atoms in total. The summed E-state index contributed by atoms with van der Waals surface area (Å²) in [5.74, 6) is -0.0137. The number of hydrogen-bond donors (Lipinski definition) is 1. The first kappa shape index (κ1) is 14.4. The Balaban J connectivity index is 2.40. The van der Waals surface area contributed by atoms with E-state index >= 15 is 0 Å². The fourth-order valence-corrected chi connectivity index (χ4v) is 1.91. The third-order valence-electron chi connectivity index (χ3n) is 2.25. The minimum atomic E-state index is -4.16. The highest BCUT2D eigenvalue weighted by Crippen LogP contribution is 2.29. The molecule has 1 N–H and O–H groups in total. The molecular weight excluding hydrogens is 251 g/mol. The second-order valence-corrected chi connectivity index (χ2v) is 4.77. The lowest BCUT2D eigenvalue weighted by Gasteiger charge is -2.09. The van der Waals surface area contributed by atoms with Gasteiger partial charge in [-0.1, -0.05) is 6.92 Å². The van der Waals surface area contributed by atoms with Gasteiger partial charge in [0.25, 0.3) is 0 Å². The Morgan fingerprint density at radius 3 is 2.82 bits per heavy atom. The Kier molecular flexibility index (Phi) is 5.32. The van der Waals surface area contributed by atoms with Gasteiger partial charge < -0.3 is 5.32 Å². The van der Waals surface area contributed by atoms with Crippen molar-refractivity contribution < 1.29 is 13.2 Å². The van der Waals surface area contributed by atoms with Crippen LogP contribution in [0.1, 0.15) is 25.5 Å². The van der Waals surface area contributed by atoms with Crippen molar-refractivity contribution in [3.8, 4) is 0 Å². The van der Waals surface area contributed by atoms with Crippen LogP contribution in [0.4, 0.5) is 13.2 Å². The van der Waals surface area contributed by atoms with Crippen LogP contribution in [0.15, 0.2) is 12.4 Å². The highest BCUT2D eigenvalue weighted by Gasteiger charge is 2.27. The van der Waals surface area contributed by atoms with Crippen LogP contribution in [0.5, 0.6) is 0 Å². The molecule has 0 aliphatic heterocycles. The maximum Gasteiger partial charge on any atom is 0.441 e. The lowest BCUT2D eigenvalue weighted by molar-refractivity contribution is -0.0328. The van der Waals surface area contributed by atoms with E-state index in [1.807, 2.05) is 13.8 Å². The van der Waals surface area contributed by atoms with Crippen LogP contribution in [0.3, 0.4) is 0 Å². The zero-order chi connectivity index (χ0) is 12.9. The lowest BCUT2D eigenvalue weighted by atomic mass is 10.2. The molecule has 1 heterocycles. The van der Waals surface area contributed by atoms with Crippen molar-refractivity contribution in [1.82, 2.24) is 15.1 Å². The number of alkyl halides is 3. The van der Waals surface area contributed by atoms with E-state index in [0.29, 0.717) is 0 Å². The molecule has 0 fully saturated rings. The maximum absolute atomic E-state index is 11.9. The van der Waals surface area contributed by atoms with Gasteiger partial charge in [-0.05, 0) is 25.2 Å². The van der Waals surface area contributed by atoms with Crippen molar-refractivity contribution in [2.24, 2.45) is 0 Å². The summed E-state index contributed by atoms with van der Waals surface area (Å²) in [6, 6.07) is 0.170. The van der Waals surface area contributed by atoms with Crippen LogP contribution in [0.25, 0.3) is 0 Å². The molecule has 0 aliphatic rings. The quantitative estimate of drug-likeness (QED) is 0.859. The average molecular weight is 267 g/mol. The number of thioether (sulfide) groups is 1. The summed E-state index contributed by atoms with van der Waals surface area (Å²) in [7, 11) is 0. The topological polar surface area (TPSA) is 29.9 Å². The molecule has 0 aliphatic carbocycles. The number of nitrogens with one attached hydrogen (secondary N) is 1. The van der Waals surface area contributed by atoms with Crippen molar-refractivity contribution in [2.45, 2.75) is 31.9 Å². The second kappa shape index (κ2) is 6.30. The zero-order valence-corrected chi connectivity index (χ0v) is 10.6. The fraction of sp³-hybridized carbons (Fsp3) is 0.700. The van der Waals surface area contributed by atoms with Gasteiger partial charge in [0.2, 0.25) is 0 Å². The summed E-state index contributed by atoms with van der Waals surface area (Å²) in [5.41, 5.74) is -3.17. The molecular formula is C10H16F3N3S. The minimum Gasteiger partial charge on any atom is -0.310 e. The van der Waals surface area contributed by atoms with Gasteiger partial charge >= 0.3 is 5.51 Å². The molecule has 0 aromatic carbocycles. The van der Waals surface area contributed by atoms with Gasteiger partial charge in [0.15, 0.2) is 0 Å². The van der Waals surface area contributed by atoms with E-state index in [9.17, 15) is 13.2 Å². The molecule has 17 heavy (non-hydrogen) atoms. The van der Waals surface area contributed by atoms with E-state index in [1.54, 1.807) is 17.1 Å². The van der Waals surface area contributed by atoms with Crippen LogP contribution < -0.4 is 5.32 Å². The smallest absolute Gasteiger partial charge is 0.310 e.